The van der Waals surface area contributed by atoms with Crippen LogP contribution >= 0.6 is 26.8 Å². The number of halogens is 1. The Kier molecular flexibility index (Phi) is 7.19. The Hall–Kier alpha value is -1.26. The normalized spacial score (nSPS) is 33.8. The molecule has 16 nitrogen and oxygen atoms in total. The highest BCUT2D eigenvalue weighted by atomic mass is 35.5. The van der Waals surface area contributed by atoms with Crippen molar-refractivity contribution in [3.05, 3.63) is 11.5 Å². The molecule has 0 spiro atoms. The first-order chi connectivity index (χ1) is 17.3. The molecular weight excluding hydrogens is 560 g/mol. The molecule has 3 saturated heterocycles. The van der Waals surface area contributed by atoms with Crippen LogP contribution < -0.4 is 4.90 Å². The van der Waals surface area contributed by atoms with Crippen molar-refractivity contribution in [3.63, 3.8) is 0 Å². The van der Waals surface area contributed by atoms with Crippen LogP contribution in [0.15, 0.2) is 6.20 Å². The smallest absolute Gasteiger partial charge is 0.340 e. The first-order valence-electron chi connectivity index (χ1n) is 11.2. The number of ether oxygens (including phenoxy) is 2. The lowest BCUT2D eigenvalue weighted by molar-refractivity contribution is -0.117. The lowest BCUT2D eigenvalue weighted by Crippen LogP contribution is -2.52. The molecule has 19 heteroatoms. The molecule has 0 bridgehead atoms. The second kappa shape index (κ2) is 9.73. The van der Waals surface area contributed by atoms with Crippen LogP contribution in [0.2, 0.25) is 5.28 Å². The number of aliphatic hydroxyl groups is 3. The van der Waals surface area contributed by atoms with E-state index in [0.717, 1.165) is 4.68 Å². The number of rotatable bonds is 8. The summed E-state index contributed by atoms with van der Waals surface area (Å²) < 4.78 is 40.2. The lowest BCUT2D eigenvalue weighted by atomic mass is 9.93. The van der Waals surface area contributed by atoms with Gasteiger partial charge in [0, 0.05) is 24.9 Å². The van der Waals surface area contributed by atoms with Crippen molar-refractivity contribution < 1.29 is 53.1 Å². The maximum atomic E-state index is 12.0. The lowest BCUT2D eigenvalue weighted by Gasteiger charge is -2.28. The monoisotopic (exact) mass is 585 g/mol. The van der Waals surface area contributed by atoms with Crippen molar-refractivity contribution in [2.75, 3.05) is 50.3 Å². The van der Waals surface area contributed by atoms with Crippen molar-refractivity contribution in [2.45, 2.75) is 24.0 Å². The zero-order chi connectivity index (χ0) is 26.8. The van der Waals surface area contributed by atoms with E-state index < -0.39 is 58.3 Å². The third-order valence-corrected chi connectivity index (χ3v) is 10.5. The van der Waals surface area contributed by atoms with Gasteiger partial charge < -0.3 is 48.9 Å². The third-order valence-electron chi connectivity index (χ3n) is 6.87. The van der Waals surface area contributed by atoms with Gasteiger partial charge in [0.25, 0.3) is 0 Å². The summed E-state index contributed by atoms with van der Waals surface area (Å²) in [4.78, 5) is 38.3. The Balaban J connectivity index is 1.42. The predicted octanol–water partition coefficient (Wildman–Crippen LogP) is -1.12. The molecule has 5 rings (SSSR count). The number of anilines is 1. The van der Waals surface area contributed by atoms with Crippen molar-refractivity contribution in [3.8, 4) is 0 Å². The van der Waals surface area contributed by atoms with Crippen LogP contribution in [0.5, 0.6) is 0 Å². The maximum Gasteiger partial charge on any atom is 0.340 e. The largest absolute Gasteiger partial charge is 0.393 e. The molecule has 0 aliphatic carbocycles. The molecule has 3 aliphatic heterocycles. The summed E-state index contributed by atoms with van der Waals surface area (Å²) in [6.45, 7) is 0.787. The second-order valence-corrected chi connectivity index (χ2v) is 13.8. The van der Waals surface area contributed by atoms with Crippen LogP contribution in [0.25, 0.3) is 11.0 Å². The van der Waals surface area contributed by atoms with Crippen LogP contribution in [0.3, 0.4) is 0 Å². The van der Waals surface area contributed by atoms with E-state index in [1.807, 2.05) is 4.90 Å². The zero-order valence-corrected chi connectivity index (χ0v) is 21.7. The van der Waals surface area contributed by atoms with E-state index in [2.05, 4.69) is 15.1 Å². The van der Waals surface area contributed by atoms with Gasteiger partial charge in [-0.15, -0.1) is 0 Å². The van der Waals surface area contributed by atoms with Crippen molar-refractivity contribution in [1.29, 1.82) is 0 Å². The van der Waals surface area contributed by atoms with Crippen LogP contribution in [-0.2, 0) is 23.1 Å². The zero-order valence-electron chi connectivity index (χ0n) is 19.1. The molecular formula is C18H26ClN5O11P2. The van der Waals surface area contributed by atoms with E-state index in [4.69, 9.17) is 35.4 Å². The first-order valence-corrected chi connectivity index (χ1v) is 15.2. The molecule has 3 aliphatic rings. The van der Waals surface area contributed by atoms with E-state index in [9.17, 15) is 29.3 Å². The molecule has 2 aromatic rings. The standard InChI is InChI=1S/C18H26ClN5O11P2/c19-17-21-14(23-2-9-4-33-5-10(9)3-23)11-1-20-24(15(11)22-17)16-13(26)18(27,7-25)12(35-16)6-34-37(31,32)8-36(28,29)30/h1,9-10,12-13,16,25-27H,2-8H2,(H,31,32)(H2,28,29,30)/t9?,10?,12-,13+,16-,18?/m1/s1. The SMILES string of the molecule is O=P(O)(O)CP(=O)(O)OC[C@H]1O[C@@H](n2ncc3c(N4CC5COCC5C4)nc(Cl)nc32)[C@H](O)C1(O)CO. The van der Waals surface area contributed by atoms with Gasteiger partial charge in [0.05, 0.1) is 38.0 Å². The molecule has 206 valence electrons. The summed E-state index contributed by atoms with van der Waals surface area (Å²) in [5.74, 6) is -0.221. The predicted molar refractivity (Wildman–Crippen MR) is 125 cm³/mol. The Bertz CT molecular complexity index is 1270. The second-order valence-electron chi connectivity index (χ2n) is 9.45. The number of hydrogen-bond acceptors (Lipinski definition) is 12. The highest BCUT2D eigenvalue weighted by Gasteiger charge is 2.57. The fourth-order valence-corrected chi connectivity index (χ4v) is 7.72. The van der Waals surface area contributed by atoms with E-state index >= 15 is 0 Å². The fourth-order valence-electron chi connectivity index (χ4n) is 5.00. The van der Waals surface area contributed by atoms with Gasteiger partial charge in [0.2, 0.25) is 5.28 Å². The minimum Gasteiger partial charge on any atom is -0.393 e. The molecule has 0 amide bonds. The van der Waals surface area contributed by atoms with Crippen LogP contribution in [0, 0.1) is 11.8 Å². The number of aromatic nitrogens is 4. The minimum absolute atomic E-state index is 0.0963. The summed E-state index contributed by atoms with van der Waals surface area (Å²) in [5.41, 5.74) is -2.21. The number of aliphatic hydroxyl groups excluding tert-OH is 2. The van der Waals surface area contributed by atoms with Gasteiger partial charge in [-0.2, -0.15) is 15.1 Å². The quantitative estimate of drug-likeness (QED) is 0.159. The highest BCUT2D eigenvalue weighted by molar-refractivity contribution is 7.70. The topological polar surface area (TPSA) is 230 Å². The maximum absolute atomic E-state index is 12.0. The van der Waals surface area contributed by atoms with Gasteiger partial charge in [0.1, 0.15) is 23.6 Å². The number of hydrogen-bond donors (Lipinski definition) is 6. The van der Waals surface area contributed by atoms with Crippen LogP contribution in [0.1, 0.15) is 6.23 Å². The average Bonchev–Trinajstić information content (AvgIpc) is 3.54. The molecule has 0 saturated carbocycles. The molecule has 7 atom stereocenters. The third kappa shape index (κ3) is 5.19. The molecule has 6 N–H and O–H groups in total. The van der Waals surface area contributed by atoms with Crippen LogP contribution in [-0.4, -0.2) is 113 Å². The number of nitrogens with zero attached hydrogens (tertiary/aromatic N) is 5. The Morgan fingerprint density at radius 3 is 2.49 bits per heavy atom. The molecule has 0 aromatic carbocycles. The fraction of sp³-hybridized carbons (Fsp3) is 0.722. The van der Waals surface area contributed by atoms with Gasteiger partial charge in [-0.3, -0.25) is 9.13 Å². The summed E-state index contributed by atoms with van der Waals surface area (Å²) in [5, 5.41) is 36.3. The van der Waals surface area contributed by atoms with Crippen molar-refractivity contribution >= 4 is 43.6 Å². The van der Waals surface area contributed by atoms with Crippen molar-refractivity contribution in [2.24, 2.45) is 11.8 Å². The number of fused-ring (bicyclic) bond motifs is 2. The summed E-state index contributed by atoms with van der Waals surface area (Å²) in [7, 11) is -9.69. The van der Waals surface area contributed by atoms with E-state index in [1.165, 1.54) is 6.20 Å². The van der Waals surface area contributed by atoms with E-state index in [1.54, 1.807) is 0 Å². The van der Waals surface area contributed by atoms with E-state index in [0.29, 0.717) is 49.3 Å². The minimum atomic E-state index is -4.90. The average molecular weight is 586 g/mol. The summed E-state index contributed by atoms with van der Waals surface area (Å²) in [6, 6.07) is 0. The van der Waals surface area contributed by atoms with Gasteiger partial charge in [-0.05, 0) is 11.6 Å². The van der Waals surface area contributed by atoms with E-state index in [-0.39, 0.29) is 10.9 Å². The van der Waals surface area contributed by atoms with Gasteiger partial charge >= 0.3 is 15.2 Å². The molecule has 2 aromatic heterocycles. The molecule has 5 heterocycles. The van der Waals surface area contributed by atoms with Gasteiger partial charge in [0.15, 0.2) is 17.8 Å². The van der Waals surface area contributed by atoms with Crippen LogP contribution in [0.4, 0.5) is 5.82 Å². The Morgan fingerprint density at radius 1 is 1.19 bits per heavy atom. The first kappa shape index (κ1) is 27.3. The summed E-state index contributed by atoms with van der Waals surface area (Å²) in [6.07, 6.45) is -3.38. The molecule has 3 fully saturated rings. The molecule has 37 heavy (non-hydrogen) atoms. The van der Waals surface area contributed by atoms with Crippen molar-refractivity contribution in [1.82, 2.24) is 19.7 Å². The highest BCUT2D eigenvalue weighted by Crippen LogP contribution is 2.56. The van der Waals surface area contributed by atoms with Gasteiger partial charge in [-0.25, -0.2) is 4.68 Å². The van der Waals surface area contributed by atoms with Gasteiger partial charge in [-0.1, -0.05) is 0 Å². The summed E-state index contributed by atoms with van der Waals surface area (Å²) >= 11 is 6.21. The molecule has 4 unspecified atom stereocenters. The Morgan fingerprint density at radius 2 is 1.86 bits per heavy atom. The Labute approximate surface area is 214 Å². The molecule has 0 radical (unpaired) electrons.